The lowest BCUT2D eigenvalue weighted by molar-refractivity contribution is 0.277. The molecule has 1 saturated heterocycles. The molecule has 0 aromatic heterocycles. The maximum atomic E-state index is 11.2. The van der Waals surface area contributed by atoms with Crippen LogP contribution in [0.5, 0.6) is 0 Å². The van der Waals surface area contributed by atoms with Crippen molar-refractivity contribution >= 4 is 27.2 Å². The summed E-state index contributed by atoms with van der Waals surface area (Å²) < 4.78 is 27.8. The van der Waals surface area contributed by atoms with Crippen molar-refractivity contribution < 1.29 is 13.2 Å². The number of thiocarbonyl (C=S) groups is 1. The lowest BCUT2D eigenvalue weighted by Gasteiger charge is -2.14. The first-order valence-electron chi connectivity index (χ1n) is 6.03. The van der Waals surface area contributed by atoms with E-state index in [-0.39, 0.29) is 17.5 Å². The minimum atomic E-state index is -2.86. The molecule has 100 valence electrons. The molecule has 17 heavy (non-hydrogen) atoms. The van der Waals surface area contributed by atoms with Gasteiger partial charge in [-0.2, -0.15) is 0 Å². The monoisotopic (exact) mass is 279 g/mol. The van der Waals surface area contributed by atoms with E-state index < -0.39 is 9.84 Å². The highest BCUT2D eigenvalue weighted by molar-refractivity contribution is 7.91. The third kappa shape index (κ3) is 6.21. The molecule has 0 unspecified atom stereocenters. The molecule has 4 nitrogen and oxygen atoms in total. The summed E-state index contributed by atoms with van der Waals surface area (Å²) in [4.78, 5) is 0. The maximum absolute atomic E-state index is 11.2. The van der Waals surface area contributed by atoms with Crippen LogP contribution in [0.3, 0.4) is 0 Å². The topological polar surface area (TPSA) is 55.4 Å². The fraction of sp³-hybridized carbons (Fsp3) is 0.909. The van der Waals surface area contributed by atoms with E-state index in [0.717, 1.165) is 12.8 Å². The van der Waals surface area contributed by atoms with Crippen LogP contribution in [0.15, 0.2) is 0 Å². The van der Waals surface area contributed by atoms with Gasteiger partial charge in [0.25, 0.3) is 5.17 Å². The van der Waals surface area contributed by atoms with Crippen molar-refractivity contribution in [2.24, 2.45) is 5.92 Å². The Kier molecular flexibility index (Phi) is 5.66. The van der Waals surface area contributed by atoms with Crippen molar-refractivity contribution in [1.29, 1.82) is 0 Å². The first kappa shape index (κ1) is 14.7. The van der Waals surface area contributed by atoms with Gasteiger partial charge in [-0.05, 0) is 37.4 Å². The minimum Gasteiger partial charge on any atom is -0.471 e. The van der Waals surface area contributed by atoms with E-state index in [1.54, 1.807) is 0 Å². The lowest BCUT2D eigenvalue weighted by Crippen LogP contribution is -2.36. The molecule has 6 heteroatoms. The zero-order chi connectivity index (χ0) is 12.9. The Morgan fingerprint density at radius 3 is 2.76 bits per heavy atom. The summed E-state index contributed by atoms with van der Waals surface area (Å²) in [5.41, 5.74) is 0. The van der Waals surface area contributed by atoms with Crippen molar-refractivity contribution in [3.05, 3.63) is 0 Å². The SMILES string of the molecule is CC(C)CCCOC(=S)N[C@@H]1CCS(=O)(=O)C1. The molecule has 1 aliphatic rings. The van der Waals surface area contributed by atoms with E-state index >= 15 is 0 Å². The molecule has 1 rings (SSSR count). The fourth-order valence-corrected chi connectivity index (χ4v) is 3.70. The molecule has 0 saturated carbocycles. The van der Waals surface area contributed by atoms with Gasteiger partial charge < -0.3 is 10.1 Å². The number of sulfone groups is 1. The van der Waals surface area contributed by atoms with Crippen LogP contribution in [0.1, 0.15) is 33.1 Å². The van der Waals surface area contributed by atoms with Crippen LogP contribution in [-0.4, -0.2) is 37.7 Å². The number of rotatable bonds is 5. The quantitative estimate of drug-likeness (QED) is 0.610. The maximum Gasteiger partial charge on any atom is 0.256 e. The van der Waals surface area contributed by atoms with Crippen molar-refractivity contribution in [1.82, 2.24) is 5.32 Å². The summed E-state index contributed by atoms with van der Waals surface area (Å²) in [6.07, 6.45) is 2.71. The molecule has 1 N–H and O–H groups in total. The summed E-state index contributed by atoms with van der Waals surface area (Å²) in [5, 5.41) is 3.28. The summed E-state index contributed by atoms with van der Waals surface area (Å²) in [7, 11) is -2.86. The van der Waals surface area contributed by atoms with Gasteiger partial charge in [0.2, 0.25) is 0 Å². The van der Waals surface area contributed by atoms with Crippen LogP contribution < -0.4 is 5.32 Å². The third-order valence-corrected chi connectivity index (χ3v) is 4.72. The van der Waals surface area contributed by atoms with Crippen molar-refractivity contribution in [3.63, 3.8) is 0 Å². The van der Waals surface area contributed by atoms with E-state index in [9.17, 15) is 8.42 Å². The first-order valence-corrected chi connectivity index (χ1v) is 8.26. The number of hydrogen-bond donors (Lipinski definition) is 1. The second-order valence-electron chi connectivity index (χ2n) is 4.92. The molecule has 1 aliphatic heterocycles. The molecular weight excluding hydrogens is 258 g/mol. The van der Waals surface area contributed by atoms with Gasteiger partial charge in [-0.3, -0.25) is 0 Å². The molecule has 0 bridgehead atoms. The van der Waals surface area contributed by atoms with Crippen molar-refractivity contribution in [2.45, 2.75) is 39.2 Å². The Balaban J connectivity index is 2.14. The smallest absolute Gasteiger partial charge is 0.256 e. The highest BCUT2D eigenvalue weighted by Gasteiger charge is 2.28. The number of hydrogen-bond acceptors (Lipinski definition) is 4. The third-order valence-electron chi connectivity index (χ3n) is 2.71. The van der Waals surface area contributed by atoms with E-state index in [1.165, 1.54) is 0 Å². The molecule has 1 atom stereocenters. The number of ether oxygens (including phenoxy) is 1. The van der Waals surface area contributed by atoms with Gasteiger partial charge in [0.1, 0.15) is 0 Å². The molecule has 1 heterocycles. The van der Waals surface area contributed by atoms with Crippen LogP contribution >= 0.6 is 12.2 Å². The average molecular weight is 279 g/mol. The van der Waals surface area contributed by atoms with E-state index in [1.807, 2.05) is 0 Å². The summed E-state index contributed by atoms with van der Waals surface area (Å²) in [5.74, 6) is 1.09. The Morgan fingerprint density at radius 1 is 1.53 bits per heavy atom. The average Bonchev–Trinajstić information content (AvgIpc) is 2.52. The molecule has 0 radical (unpaired) electrons. The molecular formula is C11H21NO3S2. The Morgan fingerprint density at radius 2 is 2.24 bits per heavy atom. The van der Waals surface area contributed by atoms with Gasteiger partial charge in [-0.15, -0.1) is 0 Å². The van der Waals surface area contributed by atoms with Gasteiger partial charge >= 0.3 is 0 Å². The predicted octanol–water partition coefficient (Wildman–Crippen LogP) is 1.50. The van der Waals surface area contributed by atoms with Crippen molar-refractivity contribution in [2.75, 3.05) is 18.1 Å². The Labute approximate surface area is 109 Å². The first-order chi connectivity index (χ1) is 7.89. The molecule has 1 fully saturated rings. The van der Waals surface area contributed by atoms with E-state index in [4.69, 9.17) is 17.0 Å². The largest absolute Gasteiger partial charge is 0.471 e. The van der Waals surface area contributed by atoms with Crippen LogP contribution in [0.4, 0.5) is 0 Å². The van der Waals surface area contributed by atoms with Crippen LogP contribution in [-0.2, 0) is 14.6 Å². The Hall–Kier alpha value is -0.360. The highest BCUT2D eigenvalue weighted by Crippen LogP contribution is 2.11. The molecule has 0 aromatic carbocycles. The minimum absolute atomic E-state index is 0.0717. The Bertz CT molecular complexity index is 352. The van der Waals surface area contributed by atoms with Crippen LogP contribution in [0.2, 0.25) is 0 Å². The normalized spacial score (nSPS) is 22.6. The molecule has 0 aromatic rings. The molecule has 0 amide bonds. The predicted molar refractivity (Wildman–Crippen MR) is 72.8 cm³/mol. The van der Waals surface area contributed by atoms with E-state index in [2.05, 4.69) is 19.2 Å². The van der Waals surface area contributed by atoms with Gasteiger partial charge in [-0.25, -0.2) is 8.42 Å². The number of nitrogens with one attached hydrogen (secondary N) is 1. The van der Waals surface area contributed by atoms with Crippen LogP contribution in [0, 0.1) is 5.92 Å². The lowest BCUT2D eigenvalue weighted by atomic mass is 10.1. The van der Waals surface area contributed by atoms with Crippen LogP contribution in [0.25, 0.3) is 0 Å². The van der Waals surface area contributed by atoms with Gasteiger partial charge in [-0.1, -0.05) is 13.8 Å². The zero-order valence-electron chi connectivity index (χ0n) is 10.4. The summed E-state index contributed by atoms with van der Waals surface area (Å²) in [6, 6.07) is -0.0717. The molecule has 0 spiro atoms. The summed E-state index contributed by atoms with van der Waals surface area (Å²) in [6.45, 7) is 4.93. The second-order valence-corrected chi connectivity index (χ2v) is 7.52. The highest BCUT2D eigenvalue weighted by atomic mass is 32.2. The van der Waals surface area contributed by atoms with Gasteiger partial charge in [0.05, 0.1) is 18.1 Å². The van der Waals surface area contributed by atoms with Gasteiger partial charge in [0, 0.05) is 6.04 Å². The second kappa shape index (κ2) is 6.54. The summed E-state index contributed by atoms with van der Waals surface area (Å²) >= 11 is 5.02. The fourth-order valence-electron chi connectivity index (χ4n) is 1.77. The standard InChI is InChI=1S/C11H21NO3S2/c1-9(2)4-3-6-15-11(16)12-10-5-7-17(13,14)8-10/h9-10H,3-8H2,1-2H3,(H,12,16)/t10-/m1/s1. The van der Waals surface area contributed by atoms with Crippen molar-refractivity contribution in [3.8, 4) is 0 Å². The van der Waals surface area contributed by atoms with Gasteiger partial charge in [0.15, 0.2) is 9.84 Å². The molecule has 0 aliphatic carbocycles. The van der Waals surface area contributed by atoms with E-state index in [0.29, 0.717) is 24.1 Å². The zero-order valence-corrected chi connectivity index (χ0v) is 12.1.